The Kier molecular flexibility index (Phi) is 8.87. The van der Waals surface area contributed by atoms with Crippen molar-refractivity contribution in [1.29, 1.82) is 0 Å². The second-order valence-corrected chi connectivity index (χ2v) is 7.17. The van der Waals surface area contributed by atoms with E-state index in [1.54, 1.807) is 0 Å². The molecule has 7 nitrogen and oxygen atoms in total. The minimum absolute atomic E-state index is 0.0527. The summed E-state index contributed by atoms with van der Waals surface area (Å²) in [6, 6.07) is 5.76. The molecule has 1 aromatic rings. The molecule has 0 radical (unpaired) electrons. The lowest BCUT2D eigenvalue weighted by atomic mass is 10.2. The molecule has 8 heteroatoms. The lowest BCUT2D eigenvalue weighted by Gasteiger charge is -2.26. The van der Waals surface area contributed by atoms with Crippen LogP contribution >= 0.6 is 15.9 Å². The maximum atomic E-state index is 12.0. The molecule has 0 unspecified atom stereocenters. The lowest BCUT2D eigenvalue weighted by molar-refractivity contribution is -0.116. The number of nitrogens with two attached hydrogens (primary N) is 1. The van der Waals surface area contributed by atoms with Gasteiger partial charge in [0.15, 0.2) is 5.96 Å². The Bertz CT molecular complexity index is 618. The van der Waals surface area contributed by atoms with Crippen LogP contribution in [-0.2, 0) is 9.53 Å². The fraction of sp³-hybridized carbons (Fsp3) is 0.556. The fourth-order valence-corrected chi connectivity index (χ4v) is 3.13. The number of rotatable bonds is 8. The van der Waals surface area contributed by atoms with Crippen LogP contribution in [0.1, 0.15) is 18.4 Å². The average Bonchev–Trinajstić information content (AvgIpc) is 2.62. The number of anilines is 1. The molecule has 1 heterocycles. The number of benzene rings is 1. The van der Waals surface area contributed by atoms with Crippen LogP contribution in [-0.4, -0.2) is 62.7 Å². The summed E-state index contributed by atoms with van der Waals surface area (Å²) in [6.45, 7) is 7.72. The minimum atomic E-state index is -0.0527. The number of nitrogens with one attached hydrogen (secondary N) is 2. The van der Waals surface area contributed by atoms with Crippen molar-refractivity contribution in [3.8, 4) is 0 Å². The van der Waals surface area contributed by atoms with Gasteiger partial charge in [-0.3, -0.25) is 14.7 Å². The molecule has 0 saturated carbocycles. The highest BCUT2D eigenvalue weighted by Gasteiger charge is 2.09. The molecular formula is C18H28BrN5O2. The van der Waals surface area contributed by atoms with Crippen molar-refractivity contribution < 1.29 is 9.53 Å². The molecule has 4 N–H and O–H groups in total. The number of aliphatic imine (C=N–C) groups is 1. The normalized spacial score (nSPS) is 15.7. The predicted octanol–water partition coefficient (Wildman–Crippen LogP) is 1.71. The molecule has 0 spiro atoms. The highest BCUT2D eigenvalue weighted by molar-refractivity contribution is 9.10. The van der Waals surface area contributed by atoms with Gasteiger partial charge in [-0.05, 0) is 37.1 Å². The van der Waals surface area contributed by atoms with Gasteiger partial charge in [-0.2, -0.15) is 0 Å². The first-order valence-corrected chi connectivity index (χ1v) is 9.74. The van der Waals surface area contributed by atoms with Crippen molar-refractivity contribution in [1.82, 2.24) is 10.2 Å². The van der Waals surface area contributed by atoms with Crippen LogP contribution in [0, 0.1) is 6.92 Å². The second kappa shape index (κ2) is 11.2. The summed E-state index contributed by atoms with van der Waals surface area (Å²) < 4.78 is 6.32. The number of amides is 1. The standard InChI is InChI=1S/C18H28BrN5O2/c1-14-13-15(19)3-4-16(14)23-17(25)5-7-22-18(20)21-6-2-8-24-9-11-26-12-10-24/h3-4,13H,2,5-12H2,1H3,(H,23,25)(H3,20,21,22). The molecular weight excluding hydrogens is 398 g/mol. The Hall–Kier alpha value is -1.64. The van der Waals surface area contributed by atoms with E-state index in [1.807, 2.05) is 25.1 Å². The molecule has 1 aliphatic rings. The number of aryl methyl sites for hydroxylation is 1. The highest BCUT2D eigenvalue weighted by atomic mass is 79.9. The third-order valence-electron chi connectivity index (χ3n) is 4.14. The Labute approximate surface area is 163 Å². The SMILES string of the molecule is Cc1cc(Br)ccc1NC(=O)CCNC(N)=NCCCN1CCOCC1. The van der Waals surface area contributed by atoms with E-state index in [9.17, 15) is 4.79 Å². The minimum Gasteiger partial charge on any atom is -0.379 e. The second-order valence-electron chi connectivity index (χ2n) is 6.26. The Morgan fingerprint density at radius 3 is 2.88 bits per heavy atom. The smallest absolute Gasteiger partial charge is 0.226 e. The number of hydrogen-bond acceptors (Lipinski definition) is 4. The summed E-state index contributed by atoms with van der Waals surface area (Å²) in [5.41, 5.74) is 7.68. The van der Waals surface area contributed by atoms with Crippen molar-refractivity contribution in [2.24, 2.45) is 10.7 Å². The van der Waals surface area contributed by atoms with Crippen molar-refractivity contribution in [2.75, 3.05) is 51.3 Å². The Morgan fingerprint density at radius 1 is 1.38 bits per heavy atom. The van der Waals surface area contributed by atoms with Crippen LogP contribution in [0.3, 0.4) is 0 Å². The zero-order valence-corrected chi connectivity index (χ0v) is 16.8. The quantitative estimate of drug-likeness (QED) is 0.335. The van der Waals surface area contributed by atoms with E-state index in [4.69, 9.17) is 10.5 Å². The summed E-state index contributed by atoms with van der Waals surface area (Å²) in [5.74, 6) is 0.336. The molecule has 0 bridgehead atoms. The summed E-state index contributed by atoms with van der Waals surface area (Å²) in [5, 5.41) is 5.89. The van der Waals surface area contributed by atoms with Crippen molar-refractivity contribution >= 4 is 33.5 Å². The number of morpholine rings is 1. The van der Waals surface area contributed by atoms with Crippen LogP contribution < -0.4 is 16.4 Å². The van der Waals surface area contributed by atoms with Gasteiger partial charge in [0, 0.05) is 49.3 Å². The monoisotopic (exact) mass is 425 g/mol. The largest absolute Gasteiger partial charge is 0.379 e. The molecule has 2 rings (SSSR count). The first-order chi connectivity index (χ1) is 12.5. The van der Waals surface area contributed by atoms with Gasteiger partial charge in [0.1, 0.15) is 0 Å². The molecule has 1 aromatic carbocycles. The first-order valence-electron chi connectivity index (χ1n) is 8.94. The summed E-state index contributed by atoms with van der Waals surface area (Å²) in [6.07, 6.45) is 1.30. The van der Waals surface area contributed by atoms with Crippen molar-refractivity contribution in [3.05, 3.63) is 28.2 Å². The van der Waals surface area contributed by atoms with Crippen LogP contribution in [0.4, 0.5) is 5.69 Å². The molecule has 0 aromatic heterocycles. The van der Waals surface area contributed by atoms with Gasteiger partial charge >= 0.3 is 0 Å². The van der Waals surface area contributed by atoms with E-state index in [1.165, 1.54) is 0 Å². The molecule has 0 atom stereocenters. The number of hydrogen-bond donors (Lipinski definition) is 3. The molecule has 1 saturated heterocycles. The van der Waals surface area contributed by atoms with E-state index in [0.717, 1.165) is 55.0 Å². The number of halogens is 1. The maximum absolute atomic E-state index is 12.0. The number of carbonyl (C=O) groups is 1. The number of guanidine groups is 1. The summed E-state index contributed by atoms with van der Waals surface area (Å²) in [4.78, 5) is 18.7. The number of carbonyl (C=O) groups excluding carboxylic acids is 1. The topological polar surface area (TPSA) is 92.0 Å². The number of nitrogens with zero attached hydrogens (tertiary/aromatic N) is 2. The third kappa shape index (κ3) is 7.72. The zero-order chi connectivity index (χ0) is 18.8. The van der Waals surface area contributed by atoms with Gasteiger partial charge in [0.05, 0.1) is 13.2 Å². The van der Waals surface area contributed by atoms with Gasteiger partial charge in [-0.25, -0.2) is 0 Å². The third-order valence-corrected chi connectivity index (χ3v) is 4.63. The molecule has 26 heavy (non-hydrogen) atoms. The van der Waals surface area contributed by atoms with E-state index >= 15 is 0 Å². The predicted molar refractivity (Wildman–Crippen MR) is 108 cm³/mol. The van der Waals surface area contributed by atoms with E-state index < -0.39 is 0 Å². The van der Waals surface area contributed by atoms with Gasteiger partial charge in [0.2, 0.25) is 5.91 Å². The van der Waals surface area contributed by atoms with E-state index in [2.05, 4.69) is 36.5 Å². The van der Waals surface area contributed by atoms with Crippen LogP contribution in [0.5, 0.6) is 0 Å². The van der Waals surface area contributed by atoms with Crippen molar-refractivity contribution in [3.63, 3.8) is 0 Å². The zero-order valence-electron chi connectivity index (χ0n) is 15.3. The fourth-order valence-electron chi connectivity index (χ4n) is 2.66. The summed E-state index contributed by atoms with van der Waals surface area (Å²) >= 11 is 3.41. The summed E-state index contributed by atoms with van der Waals surface area (Å²) in [7, 11) is 0. The number of ether oxygens (including phenoxy) is 1. The molecule has 1 amide bonds. The average molecular weight is 426 g/mol. The first kappa shape index (κ1) is 20.7. The van der Waals surface area contributed by atoms with Gasteiger partial charge in [-0.1, -0.05) is 15.9 Å². The van der Waals surface area contributed by atoms with Gasteiger partial charge in [0.25, 0.3) is 0 Å². The molecule has 1 fully saturated rings. The molecule has 0 aliphatic carbocycles. The van der Waals surface area contributed by atoms with Crippen LogP contribution in [0.25, 0.3) is 0 Å². The van der Waals surface area contributed by atoms with Gasteiger partial charge < -0.3 is 21.1 Å². The van der Waals surface area contributed by atoms with Gasteiger partial charge in [-0.15, -0.1) is 0 Å². The highest BCUT2D eigenvalue weighted by Crippen LogP contribution is 2.19. The lowest BCUT2D eigenvalue weighted by Crippen LogP contribution is -2.37. The Balaban J connectivity index is 1.59. The Morgan fingerprint density at radius 2 is 2.15 bits per heavy atom. The van der Waals surface area contributed by atoms with Crippen LogP contribution in [0.15, 0.2) is 27.7 Å². The van der Waals surface area contributed by atoms with Crippen LogP contribution in [0.2, 0.25) is 0 Å². The maximum Gasteiger partial charge on any atom is 0.226 e. The van der Waals surface area contributed by atoms with E-state index in [-0.39, 0.29) is 5.91 Å². The molecule has 144 valence electrons. The van der Waals surface area contributed by atoms with E-state index in [0.29, 0.717) is 25.5 Å². The molecule has 1 aliphatic heterocycles. The van der Waals surface area contributed by atoms with Crippen molar-refractivity contribution in [2.45, 2.75) is 19.8 Å².